The molecule has 0 aliphatic carbocycles. The number of ether oxygens (including phenoxy) is 1. The normalized spacial score (nSPS) is 23.6. The summed E-state index contributed by atoms with van der Waals surface area (Å²) >= 11 is 0. The maximum absolute atomic E-state index is 11.6. The molecule has 1 heterocycles. The van der Waals surface area contributed by atoms with Gasteiger partial charge in [-0.25, -0.2) is 0 Å². The van der Waals surface area contributed by atoms with Crippen LogP contribution in [0.1, 0.15) is 52.4 Å². The van der Waals surface area contributed by atoms with Crippen LogP contribution in [0, 0.1) is 0 Å². The van der Waals surface area contributed by atoms with Crippen LogP contribution in [0.5, 0.6) is 0 Å². The number of likely N-dealkylation sites (tertiary alicyclic amines) is 1. The molecule has 1 rings (SSSR count). The molecule has 2 atom stereocenters. The predicted octanol–water partition coefficient (Wildman–Crippen LogP) is 1.92. The minimum absolute atomic E-state index is 0.318. The van der Waals surface area contributed by atoms with Gasteiger partial charge >= 0.3 is 5.97 Å². The van der Waals surface area contributed by atoms with Gasteiger partial charge in [0.15, 0.2) is 0 Å². The topological polar surface area (TPSA) is 55.6 Å². The summed E-state index contributed by atoms with van der Waals surface area (Å²) in [5, 5.41) is 0. The molecule has 0 bridgehead atoms. The lowest BCUT2D eigenvalue weighted by Gasteiger charge is -2.34. The summed E-state index contributed by atoms with van der Waals surface area (Å²) in [7, 11) is 1.40. The molecule has 2 N–H and O–H groups in total. The van der Waals surface area contributed by atoms with Crippen molar-refractivity contribution >= 4 is 5.97 Å². The zero-order valence-electron chi connectivity index (χ0n) is 12.1. The molecule has 1 saturated heterocycles. The quantitative estimate of drug-likeness (QED) is 0.781. The summed E-state index contributed by atoms with van der Waals surface area (Å²) in [4.78, 5) is 14.1. The van der Waals surface area contributed by atoms with Gasteiger partial charge in [-0.1, -0.05) is 19.3 Å². The van der Waals surface area contributed by atoms with E-state index in [4.69, 9.17) is 10.5 Å². The van der Waals surface area contributed by atoms with E-state index >= 15 is 0 Å². The van der Waals surface area contributed by atoms with Gasteiger partial charge in [0.25, 0.3) is 0 Å². The summed E-state index contributed by atoms with van der Waals surface area (Å²) in [6, 6.07) is 0.331. The van der Waals surface area contributed by atoms with Crippen LogP contribution in [-0.4, -0.2) is 42.6 Å². The lowest BCUT2D eigenvalue weighted by molar-refractivity contribution is -0.147. The van der Waals surface area contributed by atoms with Crippen LogP contribution in [0.2, 0.25) is 0 Å². The van der Waals surface area contributed by atoms with Crippen molar-refractivity contribution in [3.05, 3.63) is 0 Å². The minimum atomic E-state index is -0.878. The Kier molecular flexibility index (Phi) is 6.09. The third-order valence-electron chi connectivity index (χ3n) is 3.89. The fourth-order valence-electron chi connectivity index (χ4n) is 2.77. The van der Waals surface area contributed by atoms with E-state index in [1.807, 2.05) is 0 Å². The van der Waals surface area contributed by atoms with Crippen molar-refractivity contribution in [2.75, 3.05) is 20.2 Å². The Hall–Kier alpha value is -0.610. The average molecular weight is 256 g/mol. The van der Waals surface area contributed by atoms with E-state index in [1.165, 1.54) is 39.2 Å². The molecule has 18 heavy (non-hydrogen) atoms. The number of esters is 1. The summed E-state index contributed by atoms with van der Waals surface area (Å²) in [6.07, 6.45) is 7.16. The molecule has 0 amide bonds. The maximum Gasteiger partial charge on any atom is 0.325 e. The summed E-state index contributed by atoms with van der Waals surface area (Å²) < 4.78 is 4.77. The molecular formula is C14H28N2O2. The maximum atomic E-state index is 11.6. The van der Waals surface area contributed by atoms with Crippen LogP contribution in [0.4, 0.5) is 0 Å². The Morgan fingerprint density at radius 2 is 1.78 bits per heavy atom. The van der Waals surface area contributed by atoms with Crippen molar-refractivity contribution in [1.29, 1.82) is 0 Å². The number of methoxy groups -OCH3 is 1. The van der Waals surface area contributed by atoms with Crippen molar-refractivity contribution in [3.63, 3.8) is 0 Å². The average Bonchev–Trinajstić information content (AvgIpc) is 2.26. The first-order valence-electron chi connectivity index (χ1n) is 7.08. The first-order valence-corrected chi connectivity index (χ1v) is 7.08. The van der Waals surface area contributed by atoms with Gasteiger partial charge in [-0.2, -0.15) is 0 Å². The first-order chi connectivity index (χ1) is 8.47. The summed E-state index contributed by atoms with van der Waals surface area (Å²) in [5.41, 5.74) is 5.17. The number of carbonyl (C=O) groups excluding carboxylic acids is 1. The van der Waals surface area contributed by atoms with E-state index in [9.17, 15) is 4.79 Å². The largest absolute Gasteiger partial charge is 0.468 e. The smallest absolute Gasteiger partial charge is 0.325 e. The molecule has 1 aliphatic heterocycles. The second-order valence-corrected chi connectivity index (χ2v) is 5.77. The Bertz CT molecular complexity index is 259. The third-order valence-corrected chi connectivity index (χ3v) is 3.89. The van der Waals surface area contributed by atoms with Crippen LogP contribution in [0.3, 0.4) is 0 Å². The zero-order valence-corrected chi connectivity index (χ0v) is 12.1. The lowest BCUT2D eigenvalue weighted by atomic mass is 9.93. The Morgan fingerprint density at radius 1 is 1.28 bits per heavy atom. The summed E-state index contributed by atoms with van der Waals surface area (Å²) in [5.74, 6) is -0.318. The van der Waals surface area contributed by atoms with E-state index < -0.39 is 5.54 Å². The van der Waals surface area contributed by atoms with Crippen LogP contribution in [-0.2, 0) is 9.53 Å². The molecule has 0 aromatic rings. The van der Waals surface area contributed by atoms with Gasteiger partial charge in [0.2, 0.25) is 0 Å². The van der Waals surface area contributed by atoms with E-state index in [2.05, 4.69) is 11.8 Å². The number of nitrogens with two attached hydrogens (primary N) is 1. The zero-order chi connectivity index (χ0) is 13.6. The Balaban J connectivity index is 2.51. The molecule has 1 fully saturated rings. The van der Waals surface area contributed by atoms with Crippen molar-refractivity contribution in [1.82, 2.24) is 4.90 Å². The highest BCUT2D eigenvalue weighted by Crippen LogP contribution is 2.19. The minimum Gasteiger partial charge on any atom is -0.468 e. The van der Waals surface area contributed by atoms with E-state index in [1.54, 1.807) is 6.92 Å². The van der Waals surface area contributed by atoms with Crippen LogP contribution in [0.15, 0.2) is 0 Å². The highest BCUT2D eigenvalue weighted by molar-refractivity contribution is 5.79. The molecule has 0 radical (unpaired) electrons. The number of hydrogen-bond acceptors (Lipinski definition) is 4. The number of nitrogens with zero attached hydrogens (tertiary/aromatic N) is 1. The molecule has 106 valence electrons. The highest BCUT2D eigenvalue weighted by Gasteiger charge is 2.33. The number of hydrogen-bond donors (Lipinski definition) is 1. The molecule has 0 aromatic carbocycles. The van der Waals surface area contributed by atoms with Crippen LogP contribution < -0.4 is 5.73 Å². The summed E-state index contributed by atoms with van der Waals surface area (Å²) in [6.45, 7) is 6.17. The van der Waals surface area contributed by atoms with Gasteiger partial charge in [0.05, 0.1) is 7.11 Å². The van der Waals surface area contributed by atoms with E-state index in [0.717, 1.165) is 13.1 Å². The monoisotopic (exact) mass is 256 g/mol. The van der Waals surface area contributed by atoms with Crippen molar-refractivity contribution in [2.45, 2.75) is 64.0 Å². The van der Waals surface area contributed by atoms with Gasteiger partial charge in [-0.3, -0.25) is 4.79 Å². The van der Waals surface area contributed by atoms with Gasteiger partial charge in [-0.05, 0) is 46.2 Å². The molecule has 2 unspecified atom stereocenters. The third kappa shape index (κ3) is 4.58. The van der Waals surface area contributed by atoms with Gasteiger partial charge in [-0.15, -0.1) is 0 Å². The second kappa shape index (κ2) is 7.10. The molecule has 1 aliphatic rings. The lowest BCUT2D eigenvalue weighted by Crippen LogP contribution is -2.51. The molecule has 0 aromatic heterocycles. The van der Waals surface area contributed by atoms with Crippen LogP contribution in [0.25, 0.3) is 0 Å². The molecule has 4 nitrogen and oxygen atoms in total. The van der Waals surface area contributed by atoms with Crippen LogP contribution >= 0.6 is 0 Å². The van der Waals surface area contributed by atoms with Crippen molar-refractivity contribution in [3.8, 4) is 0 Å². The van der Waals surface area contributed by atoms with Gasteiger partial charge in [0.1, 0.15) is 5.54 Å². The van der Waals surface area contributed by atoms with E-state index in [0.29, 0.717) is 12.5 Å². The molecule has 0 spiro atoms. The first kappa shape index (κ1) is 15.4. The fourth-order valence-corrected chi connectivity index (χ4v) is 2.77. The number of carbonyl (C=O) groups is 1. The van der Waals surface area contributed by atoms with Crippen molar-refractivity contribution in [2.24, 2.45) is 5.73 Å². The van der Waals surface area contributed by atoms with Gasteiger partial charge < -0.3 is 15.4 Å². The Morgan fingerprint density at radius 3 is 2.28 bits per heavy atom. The molecular weight excluding hydrogens is 228 g/mol. The van der Waals surface area contributed by atoms with E-state index in [-0.39, 0.29) is 5.97 Å². The van der Waals surface area contributed by atoms with Crippen molar-refractivity contribution < 1.29 is 9.53 Å². The predicted molar refractivity (Wildman–Crippen MR) is 73.3 cm³/mol. The highest BCUT2D eigenvalue weighted by atomic mass is 16.5. The standard InChI is InChI=1S/C14H28N2O2/c1-12(11-14(2,15)13(17)18-3)16-9-7-5-4-6-8-10-16/h12H,4-11,15H2,1-3H3. The Labute approximate surface area is 111 Å². The molecule has 0 saturated carbocycles. The number of rotatable bonds is 4. The van der Waals surface area contributed by atoms with Gasteiger partial charge in [0, 0.05) is 6.04 Å². The SMILES string of the molecule is COC(=O)C(C)(N)CC(C)N1CCCCCCC1. The second-order valence-electron chi connectivity index (χ2n) is 5.77. The molecule has 4 heteroatoms. The fraction of sp³-hybridized carbons (Fsp3) is 0.929.